The fourth-order valence-corrected chi connectivity index (χ4v) is 2.47. The second-order valence-electron chi connectivity index (χ2n) is 4.45. The summed E-state index contributed by atoms with van der Waals surface area (Å²) < 4.78 is 2.10. The van der Waals surface area contributed by atoms with Crippen molar-refractivity contribution in [1.29, 1.82) is 5.26 Å². The average molecular weight is 282 g/mol. The first-order valence-electron chi connectivity index (χ1n) is 6.36. The number of imidazole rings is 1. The maximum atomic E-state index is 8.88. The van der Waals surface area contributed by atoms with E-state index in [1.54, 1.807) is 0 Å². The molecule has 3 aromatic rings. The van der Waals surface area contributed by atoms with Gasteiger partial charge in [-0.25, -0.2) is 4.98 Å². The number of hydrogen-bond acceptors (Lipinski definition) is 2. The van der Waals surface area contributed by atoms with E-state index in [2.05, 4.69) is 15.6 Å². The molecule has 0 bridgehead atoms. The van der Waals surface area contributed by atoms with E-state index in [0.29, 0.717) is 17.9 Å². The predicted octanol–water partition coefficient (Wildman–Crippen LogP) is 3.68. The van der Waals surface area contributed by atoms with Gasteiger partial charge in [0.25, 0.3) is 0 Å². The number of para-hydroxylation sites is 2. The van der Waals surface area contributed by atoms with E-state index < -0.39 is 0 Å². The Hall–Kier alpha value is -2.31. The smallest absolute Gasteiger partial charge is 0.115 e. The Bertz CT molecular complexity index is 782. The molecule has 0 spiro atoms. The van der Waals surface area contributed by atoms with Crippen LogP contribution in [0.5, 0.6) is 0 Å². The number of aryl methyl sites for hydroxylation is 1. The minimum Gasteiger partial charge on any atom is -0.296 e. The van der Waals surface area contributed by atoms with Crippen LogP contribution in [0.2, 0.25) is 0 Å². The van der Waals surface area contributed by atoms with Crippen molar-refractivity contribution in [3.05, 3.63) is 59.9 Å². The van der Waals surface area contributed by atoms with Gasteiger partial charge in [0, 0.05) is 18.0 Å². The van der Waals surface area contributed by atoms with Crippen molar-refractivity contribution in [1.82, 2.24) is 9.55 Å². The molecule has 4 heteroatoms. The van der Waals surface area contributed by atoms with Gasteiger partial charge in [0.05, 0.1) is 22.7 Å². The predicted molar refractivity (Wildman–Crippen MR) is 80.2 cm³/mol. The van der Waals surface area contributed by atoms with Crippen LogP contribution in [-0.4, -0.2) is 15.4 Å². The third-order valence-electron chi connectivity index (χ3n) is 3.20. The Morgan fingerprint density at radius 3 is 2.55 bits per heavy atom. The maximum Gasteiger partial charge on any atom is 0.115 e. The van der Waals surface area contributed by atoms with E-state index in [1.165, 1.54) is 0 Å². The molecule has 2 aromatic carbocycles. The van der Waals surface area contributed by atoms with Crippen LogP contribution in [0.1, 0.15) is 11.4 Å². The second-order valence-corrected chi connectivity index (χ2v) is 4.83. The minimum atomic E-state index is 0.527. The van der Waals surface area contributed by atoms with Gasteiger partial charge < -0.3 is 0 Å². The minimum absolute atomic E-state index is 0.527. The summed E-state index contributed by atoms with van der Waals surface area (Å²) >= 11 is 5.87. The molecule has 0 atom stereocenters. The Morgan fingerprint density at radius 2 is 1.85 bits per heavy atom. The van der Waals surface area contributed by atoms with Crippen molar-refractivity contribution < 1.29 is 0 Å². The van der Waals surface area contributed by atoms with E-state index in [4.69, 9.17) is 16.9 Å². The zero-order valence-electron chi connectivity index (χ0n) is 10.8. The normalized spacial score (nSPS) is 10.6. The van der Waals surface area contributed by atoms with Gasteiger partial charge in [-0.2, -0.15) is 5.26 Å². The van der Waals surface area contributed by atoms with E-state index in [1.807, 2.05) is 48.5 Å². The number of aromatic nitrogens is 2. The first kappa shape index (κ1) is 12.7. The summed E-state index contributed by atoms with van der Waals surface area (Å²) in [5, 5.41) is 8.88. The fourth-order valence-electron chi connectivity index (χ4n) is 2.30. The van der Waals surface area contributed by atoms with Gasteiger partial charge in [-0.1, -0.05) is 12.1 Å². The van der Waals surface area contributed by atoms with Gasteiger partial charge in [0.1, 0.15) is 5.82 Å². The summed E-state index contributed by atoms with van der Waals surface area (Å²) in [4.78, 5) is 4.63. The summed E-state index contributed by atoms with van der Waals surface area (Å²) in [7, 11) is 0. The Balaban J connectivity index is 2.21. The summed E-state index contributed by atoms with van der Waals surface area (Å²) in [6, 6.07) is 17.6. The number of benzene rings is 2. The van der Waals surface area contributed by atoms with E-state index in [9.17, 15) is 0 Å². The highest BCUT2D eigenvalue weighted by atomic mass is 35.5. The molecule has 0 aliphatic carbocycles. The van der Waals surface area contributed by atoms with Gasteiger partial charge in [0.2, 0.25) is 0 Å². The van der Waals surface area contributed by atoms with Crippen LogP contribution in [0.25, 0.3) is 16.7 Å². The van der Waals surface area contributed by atoms with Crippen LogP contribution < -0.4 is 0 Å². The molecule has 0 radical (unpaired) electrons. The quantitative estimate of drug-likeness (QED) is 0.687. The zero-order chi connectivity index (χ0) is 13.9. The van der Waals surface area contributed by atoms with E-state index in [0.717, 1.165) is 22.5 Å². The summed E-state index contributed by atoms with van der Waals surface area (Å²) in [5.74, 6) is 1.46. The maximum absolute atomic E-state index is 8.88. The lowest BCUT2D eigenvalue weighted by molar-refractivity contribution is 0.912. The molecule has 0 aliphatic rings. The number of nitrogens with zero attached hydrogens (tertiary/aromatic N) is 3. The van der Waals surface area contributed by atoms with Crippen LogP contribution in [0.15, 0.2) is 48.5 Å². The lowest BCUT2D eigenvalue weighted by Crippen LogP contribution is -2.02. The molecule has 20 heavy (non-hydrogen) atoms. The Morgan fingerprint density at radius 1 is 1.10 bits per heavy atom. The van der Waals surface area contributed by atoms with Crippen molar-refractivity contribution in [3.8, 4) is 11.8 Å². The highest BCUT2D eigenvalue weighted by Crippen LogP contribution is 2.22. The number of fused-ring (bicyclic) bond motifs is 1. The second kappa shape index (κ2) is 5.36. The van der Waals surface area contributed by atoms with Crippen molar-refractivity contribution in [2.45, 2.75) is 6.42 Å². The SMILES string of the molecule is N#Cc1ccc(-n2c(CCCl)nc3ccccc32)cc1. The van der Waals surface area contributed by atoms with Crippen LogP contribution in [-0.2, 0) is 6.42 Å². The summed E-state index contributed by atoms with van der Waals surface area (Å²) in [6.07, 6.45) is 0.705. The van der Waals surface area contributed by atoms with Crippen LogP contribution in [0.3, 0.4) is 0 Å². The van der Waals surface area contributed by atoms with Gasteiger partial charge in [-0.3, -0.25) is 4.57 Å². The van der Waals surface area contributed by atoms with Gasteiger partial charge in [-0.15, -0.1) is 11.6 Å². The molecule has 0 saturated carbocycles. The van der Waals surface area contributed by atoms with Crippen LogP contribution in [0.4, 0.5) is 0 Å². The third kappa shape index (κ3) is 2.15. The van der Waals surface area contributed by atoms with Crippen molar-refractivity contribution in [2.24, 2.45) is 0 Å². The molecule has 1 aromatic heterocycles. The number of halogens is 1. The van der Waals surface area contributed by atoms with Crippen molar-refractivity contribution in [3.63, 3.8) is 0 Å². The van der Waals surface area contributed by atoms with Gasteiger partial charge >= 0.3 is 0 Å². The zero-order valence-corrected chi connectivity index (χ0v) is 11.5. The molecule has 0 aliphatic heterocycles. The fraction of sp³-hybridized carbons (Fsp3) is 0.125. The molecule has 0 N–H and O–H groups in total. The van der Waals surface area contributed by atoms with Crippen LogP contribution >= 0.6 is 11.6 Å². The number of alkyl halides is 1. The van der Waals surface area contributed by atoms with E-state index >= 15 is 0 Å². The summed E-state index contributed by atoms with van der Waals surface area (Å²) in [5.41, 5.74) is 3.66. The highest BCUT2D eigenvalue weighted by Gasteiger charge is 2.11. The highest BCUT2D eigenvalue weighted by molar-refractivity contribution is 6.17. The van der Waals surface area contributed by atoms with Gasteiger partial charge in [0.15, 0.2) is 0 Å². The molecule has 3 nitrogen and oxygen atoms in total. The van der Waals surface area contributed by atoms with Gasteiger partial charge in [-0.05, 0) is 36.4 Å². The molecule has 0 unspecified atom stereocenters. The third-order valence-corrected chi connectivity index (χ3v) is 3.39. The number of rotatable bonds is 3. The molecule has 1 heterocycles. The first-order valence-corrected chi connectivity index (χ1v) is 6.90. The lowest BCUT2D eigenvalue weighted by atomic mass is 10.2. The van der Waals surface area contributed by atoms with Crippen molar-refractivity contribution in [2.75, 3.05) is 5.88 Å². The Kier molecular flexibility index (Phi) is 3.41. The molecular weight excluding hydrogens is 270 g/mol. The number of nitriles is 1. The topological polar surface area (TPSA) is 41.6 Å². The lowest BCUT2D eigenvalue weighted by Gasteiger charge is -2.08. The molecule has 0 saturated heterocycles. The first-order chi connectivity index (χ1) is 9.83. The number of hydrogen-bond donors (Lipinski definition) is 0. The van der Waals surface area contributed by atoms with Crippen LogP contribution in [0, 0.1) is 11.3 Å². The molecule has 98 valence electrons. The molecule has 3 rings (SSSR count). The Labute approximate surface area is 122 Å². The van der Waals surface area contributed by atoms with E-state index in [-0.39, 0.29) is 0 Å². The standard InChI is InChI=1S/C16H12ClN3/c17-10-9-16-19-14-3-1-2-4-15(14)20(16)13-7-5-12(11-18)6-8-13/h1-8H,9-10H2. The monoisotopic (exact) mass is 281 g/mol. The summed E-state index contributed by atoms with van der Waals surface area (Å²) in [6.45, 7) is 0. The molecular formula is C16H12ClN3. The largest absolute Gasteiger partial charge is 0.296 e. The van der Waals surface area contributed by atoms with Crippen molar-refractivity contribution >= 4 is 22.6 Å². The molecule has 0 fully saturated rings. The average Bonchev–Trinajstić information content (AvgIpc) is 2.86. The molecule has 0 amide bonds.